The molecule has 0 radical (unpaired) electrons. The van der Waals surface area contributed by atoms with Crippen molar-refractivity contribution < 1.29 is 9.18 Å². The molecule has 0 saturated heterocycles. The normalized spacial score (nSPS) is 13.3. The molecule has 104 valence electrons. The molecule has 1 heterocycles. The molecule has 1 amide bonds. The number of para-hydroxylation sites is 2. The minimum atomic E-state index is -0.419. The van der Waals surface area contributed by atoms with E-state index in [1.807, 2.05) is 30.3 Å². The molecule has 4 nitrogen and oxygen atoms in total. The highest BCUT2D eigenvalue weighted by Gasteiger charge is 2.24. The van der Waals surface area contributed by atoms with Gasteiger partial charge in [0.05, 0.1) is 36.1 Å². The predicted octanol–water partition coefficient (Wildman–Crippen LogP) is 2.66. The maximum absolute atomic E-state index is 13.9. The lowest BCUT2D eigenvalue weighted by atomic mass is 10.1. The summed E-state index contributed by atoms with van der Waals surface area (Å²) in [7, 11) is 0. The first-order chi connectivity index (χ1) is 10.2. The number of carbonyl (C=O) groups excluding carboxylic acids is 1. The number of halogens is 1. The lowest BCUT2D eigenvalue weighted by Crippen LogP contribution is -2.39. The lowest BCUT2D eigenvalue weighted by Gasteiger charge is -2.30. The van der Waals surface area contributed by atoms with Crippen LogP contribution in [-0.2, 0) is 11.3 Å². The van der Waals surface area contributed by atoms with Crippen LogP contribution in [-0.4, -0.2) is 12.5 Å². The smallest absolute Gasteiger partial charge is 0.246 e. The molecular weight excluding hydrogens is 269 g/mol. The highest BCUT2D eigenvalue weighted by molar-refractivity contribution is 6.02. The van der Waals surface area contributed by atoms with Crippen molar-refractivity contribution in [3.8, 4) is 6.07 Å². The van der Waals surface area contributed by atoms with Crippen LogP contribution in [0.15, 0.2) is 42.5 Å². The topological polar surface area (TPSA) is 56.1 Å². The van der Waals surface area contributed by atoms with Crippen molar-refractivity contribution in [2.75, 3.05) is 16.8 Å². The number of carbonyl (C=O) groups is 1. The number of anilines is 2. The Bertz CT molecular complexity index is 751. The summed E-state index contributed by atoms with van der Waals surface area (Å²) in [6.07, 6.45) is 0. The van der Waals surface area contributed by atoms with E-state index in [0.717, 1.165) is 11.4 Å². The monoisotopic (exact) mass is 281 g/mol. The van der Waals surface area contributed by atoms with Gasteiger partial charge < -0.3 is 10.2 Å². The van der Waals surface area contributed by atoms with Crippen LogP contribution >= 0.6 is 0 Å². The Morgan fingerprint density at radius 2 is 2.10 bits per heavy atom. The quantitative estimate of drug-likeness (QED) is 0.920. The maximum atomic E-state index is 13.9. The fourth-order valence-electron chi connectivity index (χ4n) is 2.37. The van der Waals surface area contributed by atoms with Crippen LogP contribution in [0.1, 0.15) is 11.1 Å². The van der Waals surface area contributed by atoms with E-state index >= 15 is 0 Å². The second kappa shape index (κ2) is 5.25. The summed E-state index contributed by atoms with van der Waals surface area (Å²) in [6.45, 7) is 0.287. The van der Waals surface area contributed by atoms with Crippen molar-refractivity contribution in [2.45, 2.75) is 6.54 Å². The van der Waals surface area contributed by atoms with Crippen molar-refractivity contribution in [1.29, 1.82) is 5.26 Å². The molecule has 2 aromatic rings. The van der Waals surface area contributed by atoms with Crippen molar-refractivity contribution in [1.82, 2.24) is 0 Å². The average Bonchev–Trinajstić information content (AvgIpc) is 2.52. The first-order valence-electron chi connectivity index (χ1n) is 6.51. The Kier molecular flexibility index (Phi) is 3.28. The summed E-state index contributed by atoms with van der Waals surface area (Å²) in [5.41, 5.74) is 2.27. The van der Waals surface area contributed by atoms with Gasteiger partial charge in [-0.25, -0.2) is 4.39 Å². The Hall–Kier alpha value is -2.87. The number of benzene rings is 2. The molecule has 2 aromatic carbocycles. The molecule has 0 aromatic heterocycles. The fourth-order valence-corrected chi connectivity index (χ4v) is 2.37. The van der Waals surface area contributed by atoms with E-state index < -0.39 is 5.82 Å². The molecule has 0 saturated carbocycles. The minimum Gasteiger partial charge on any atom is -0.374 e. The molecule has 0 unspecified atom stereocenters. The zero-order valence-electron chi connectivity index (χ0n) is 11.1. The number of nitriles is 1. The average molecular weight is 281 g/mol. The SMILES string of the molecule is N#Cc1ccc(F)c(CN2C(=O)CNc3ccccc32)c1. The summed E-state index contributed by atoms with van der Waals surface area (Å²) in [6, 6.07) is 13.5. The summed E-state index contributed by atoms with van der Waals surface area (Å²) < 4.78 is 13.9. The molecule has 1 N–H and O–H groups in total. The van der Waals surface area contributed by atoms with Crippen molar-refractivity contribution in [3.05, 3.63) is 59.4 Å². The third-order valence-electron chi connectivity index (χ3n) is 3.43. The molecular formula is C16H12FN3O. The summed E-state index contributed by atoms with van der Waals surface area (Å²) in [5, 5.41) is 11.9. The standard InChI is InChI=1S/C16H12FN3O/c17-13-6-5-11(8-18)7-12(13)10-20-15-4-2-1-3-14(15)19-9-16(20)21/h1-7,19H,9-10H2. The van der Waals surface area contributed by atoms with E-state index in [-0.39, 0.29) is 19.0 Å². The number of rotatable bonds is 2. The van der Waals surface area contributed by atoms with E-state index in [0.29, 0.717) is 11.1 Å². The third kappa shape index (κ3) is 2.43. The molecule has 5 heteroatoms. The molecule has 3 rings (SSSR count). The highest BCUT2D eigenvalue weighted by atomic mass is 19.1. The fraction of sp³-hybridized carbons (Fsp3) is 0.125. The van der Waals surface area contributed by atoms with Gasteiger partial charge in [0.1, 0.15) is 5.82 Å². The third-order valence-corrected chi connectivity index (χ3v) is 3.43. The first kappa shape index (κ1) is 13.1. The number of amides is 1. The van der Waals surface area contributed by atoms with Crippen LogP contribution in [0.3, 0.4) is 0 Å². The van der Waals surface area contributed by atoms with E-state index in [1.165, 1.54) is 23.1 Å². The molecule has 21 heavy (non-hydrogen) atoms. The second-order valence-corrected chi connectivity index (χ2v) is 4.77. The molecule has 0 fully saturated rings. The largest absolute Gasteiger partial charge is 0.374 e. The van der Waals surface area contributed by atoms with Crippen LogP contribution in [0.5, 0.6) is 0 Å². The van der Waals surface area contributed by atoms with Gasteiger partial charge in [0.15, 0.2) is 0 Å². The second-order valence-electron chi connectivity index (χ2n) is 4.77. The van der Waals surface area contributed by atoms with Crippen LogP contribution in [0, 0.1) is 17.1 Å². The number of nitrogens with zero attached hydrogens (tertiary/aromatic N) is 2. The van der Waals surface area contributed by atoms with Crippen LogP contribution in [0.2, 0.25) is 0 Å². The number of hydrogen-bond donors (Lipinski definition) is 1. The van der Waals surface area contributed by atoms with Crippen LogP contribution in [0.25, 0.3) is 0 Å². The van der Waals surface area contributed by atoms with E-state index in [2.05, 4.69) is 5.32 Å². The van der Waals surface area contributed by atoms with Crippen LogP contribution in [0.4, 0.5) is 15.8 Å². The molecule has 0 aliphatic carbocycles. The Morgan fingerprint density at radius 1 is 1.29 bits per heavy atom. The number of nitrogens with one attached hydrogen (secondary N) is 1. The van der Waals surface area contributed by atoms with Gasteiger partial charge in [-0.2, -0.15) is 5.26 Å². The zero-order chi connectivity index (χ0) is 14.8. The lowest BCUT2D eigenvalue weighted by molar-refractivity contribution is -0.117. The van der Waals surface area contributed by atoms with Crippen molar-refractivity contribution in [3.63, 3.8) is 0 Å². The summed E-state index contributed by atoms with van der Waals surface area (Å²) >= 11 is 0. The van der Waals surface area contributed by atoms with Crippen LogP contribution < -0.4 is 10.2 Å². The van der Waals surface area contributed by atoms with Gasteiger partial charge in [0, 0.05) is 5.56 Å². The zero-order valence-corrected chi connectivity index (χ0v) is 11.1. The van der Waals surface area contributed by atoms with E-state index in [1.54, 1.807) is 0 Å². The van der Waals surface area contributed by atoms with Gasteiger partial charge in [-0.1, -0.05) is 12.1 Å². The molecule has 0 spiro atoms. The molecule has 0 bridgehead atoms. The Labute approximate surface area is 121 Å². The maximum Gasteiger partial charge on any atom is 0.246 e. The summed E-state index contributed by atoms with van der Waals surface area (Å²) in [4.78, 5) is 13.6. The highest BCUT2D eigenvalue weighted by Crippen LogP contribution is 2.30. The van der Waals surface area contributed by atoms with Crippen molar-refractivity contribution in [2.24, 2.45) is 0 Å². The first-order valence-corrected chi connectivity index (χ1v) is 6.51. The number of hydrogen-bond acceptors (Lipinski definition) is 3. The van der Waals surface area contributed by atoms with Gasteiger partial charge in [-0.3, -0.25) is 4.79 Å². The molecule has 0 atom stereocenters. The molecule has 1 aliphatic rings. The predicted molar refractivity (Wildman–Crippen MR) is 77.2 cm³/mol. The van der Waals surface area contributed by atoms with Gasteiger partial charge in [-0.15, -0.1) is 0 Å². The van der Waals surface area contributed by atoms with Gasteiger partial charge >= 0.3 is 0 Å². The minimum absolute atomic E-state index is 0.110. The molecule has 1 aliphatic heterocycles. The van der Waals surface area contributed by atoms with E-state index in [9.17, 15) is 9.18 Å². The van der Waals surface area contributed by atoms with Crippen molar-refractivity contribution >= 4 is 17.3 Å². The van der Waals surface area contributed by atoms with Gasteiger partial charge in [-0.05, 0) is 30.3 Å². The Balaban J connectivity index is 1.98. The van der Waals surface area contributed by atoms with E-state index in [4.69, 9.17) is 5.26 Å². The number of fused-ring (bicyclic) bond motifs is 1. The Morgan fingerprint density at radius 3 is 2.90 bits per heavy atom. The summed E-state index contributed by atoms with van der Waals surface area (Å²) in [5.74, 6) is -0.548. The van der Waals surface area contributed by atoms with Gasteiger partial charge in [0.2, 0.25) is 5.91 Å². The van der Waals surface area contributed by atoms with Gasteiger partial charge in [0.25, 0.3) is 0 Å².